The first kappa shape index (κ1) is 52.7. The number of phosphoric acid groups is 1. The van der Waals surface area contributed by atoms with E-state index in [0.29, 0.717) is 30.3 Å². The highest BCUT2D eigenvalue weighted by Crippen LogP contribution is 2.38. The molecule has 0 spiro atoms. The van der Waals surface area contributed by atoms with Gasteiger partial charge < -0.3 is 33.0 Å². The summed E-state index contributed by atoms with van der Waals surface area (Å²) in [6.07, 6.45) is 38.8. The molecule has 0 aromatic carbocycles. The van der Waals surface area contributed by atoms with Gasteiger partial charge >= 0.3 is 11.9 Å². The molecule has 10 nitrogen and oxygen atoms in total. The number of likely N-dealkylation sites (N-methyl/N-ethyl adjacent to an activating group) is 1. The van der Waals surface area contributed by atoms with Crippen LogP contribution in [0, 0.1) is 0 Å². The zero-order chi connectivity index (χ0) is 40.9. The van der Waals surface area contributed by atoms with E-state index in [2.05, 4.69) is 19.1 Å². The third kappa shape index (κ3) is 39.7. The van der Waals surface area contributed by atoms with Crippen LogP contribution in [0.3, 0.4) is 0 Å². The van der Waals surface area contributed by atoms with Gasteiger partial charge in [0.15, 0.2) is 6.10 Å². The first-order chi connectivity index (χ1) is 26.4. The number of allylic oxidation sites excluding steroid dienone is 8. The molecule has 0 rings (SSSR count). The number of carbonyl (C=O) groups is 2. The molecular formula is C44H78NO9P. The van der Waals surface area contributed by atoms with E-state index in [9.17, 15) is 24.2 Å². The van der Waals surface area contributed by atoms with Crippen molar-refractivity contribution in [2.45, 2.75) is 161 Å². The number of hydrogen-bond acceptors (Lipinski definition) is 9. The lowest BCUT2D eigenvalue weighted by molar-refractivity contribution is -0.870. The van der Waals surface area contributed by atoms with Crippen molar-refractivity contribution in [1.29, 1.82) is 0 Å². The van der Waals surface area contributed by atoms with Crippen LogP contribution >= 0.6 is 7.82 Å². The number of rotatable bonds is 37. The zero-order valence-electron chi connectivity index (χ0n) is 35.2. The molecule has 0 amide bonds. The number of carbonyl (C=O) groups excluding carboxylic acids is 2. The summed E-state index contributed by atoms with van der Waals surface area (Å²) in [5.41, 5.74) is 0. The smallest absolute Gasteiger partial charge is 0.306 e. The molecule has 2 unspecified atom stereocenters. The van der Waals surface area contributed by atoms with Crippen molar-refractivity contribution in [2.75, 3.05) is 47.5 Å². The maximum Gasteiger partial charge on any atom is 0.306 e. The molecule has 1 N–H and O–H groups in total. The lowest BCUT2D eigenvalue weighted by Gasteiger charge is -2.28. The highest BCUT2D eigenvalue weighted by atomic mass is 31.2. The van der Waals surface area contributed by atoms with Gasteiger partial charge in [-0.15, -0.1) is 0 Å². The van der Waals surface area contributed by atoms with Gasteiger partial charge in [-0.25, -0.2) is 0 Å². The fraction of sp³-hybridized carbons (Fsp3) is 0.727. The van der Waals surface area contributed by atoms with Crippen molar-refractivity contribution in [2.24, 2.45) is 0 Å². The Kier molecular flexibility index (Phi) is 34.5. The first-order valence-corrected chi connectivity index (χ1v) is 22.6. The minimum Gasteiger partial charge on any atom is -0.756 e. The third-order valence-electron chi connectivity index (χ3n) is 8.63. The van der Waals surface area contributed by atoms with E-state index < -0.39 is 38.6 Å². The molecule has 318 valence electrons. The second kappa shape index (κ2) is 36.0. The van der Waals surface area contributed by atoms with Crippen molar-refractivity contribution in [3.8, 4) is 0 Å². The van der Waals surface area contributed by atoms with Crippen molar-refractivity contribution < 1.29 is 47.2 Å². The summed E-state index contributed by atoms with van der Waals surface area (Å²) in [4.78, 5) is 37.4. The summed E-state index contributed by atoms with van der Waals surface area (Å²) >= 11 is 0. The Morgan fingerprint density at radius 1 is 0.691 bits per heavy atom. The van der Waals surface area contributed by atoms with Crippen LogP contribution in [0.5, 0.6) is 0 Å². The van der Waals surface area contributed by atoms with Crippen LogP contribution in [0.4, 0.5) is 0 Å². The summed E-state index contributed by atoms with van der Waals surface area (Å²) in [6, 6.07) is 0. The normalized spacial score (nSPS) is 14.8. The van der Waals surface area contributed by atoms with Crippen molar-refractivity contribution >= 4 is 19.8 Å². The standard InChI is InChI=1S/C44H78NO9P/c1-6-8-10-11-12-13-14-15-19-22-25-28-31-35-43(47)51-39-42(40-53-55(49,50)52-38-37-45(3,4)5)54-44(48)36-32-29-26-23-20-17-16-18-21-24-27-30-34-41(46)33-9-7-2/h9,16-17,21,23-24,26-27,30,33,41-42,46H,6-8,10-15,18-20,22,25,28-29,31-32,34-40H2,1-5H3/b17-16-,24-21-,26-23-,30-27+,33-9-/t41?,42-/m1/s1. The molecule has 0 heterocycles. The Morgan fingerprint density at radius 3 is 1.87 bits per heavy atom. The molecular weight excluding hydrogens is 717 g/mol. The van der Waals surface area contributed by atoms with Gasteiger partial charge in [-0.2, -0.15) is 0 Å². The van der Waals surface area contributed by atoms with Crippen molar-refractivity contribution in [3.63, 3.8) is 0 Å². The maximum atomic E-state index is 12.6. The van der Waals surface area contributed by atoms with E-state index in [0.717, 1.165) is 38.5 Å². The molecule has 11 heteroatoms. The predicted molar refractivity (Wildman–Crippen MR) is 223 cm³/mol. The zero-order valence-corrected chi connectivity index (χ0v) is 36.1. The van der Waals surface area contributed by atoms with Crippen LogP contribution in [-0.4, -0.2) is 81.2 Å². The average molecular weight is 796 g/mol. The highest BCUT2D eigenvalue weighted by molar-refractivity contribution is 7.45. The van der Waals surface area contributed by atoms with E-state index in [-0.39, 0.29) is 26.1 Å². The second-order valence-electron chi connectivity index (χ2n) is 15.2. The Hall–Kier alpha value is -2.33. The summed E-state index contributed by atoms with van der Waals surface area (Å²) in [5, 5.41) is 9.77. The molecule has 0 aromatic heterocycles. The average Bonchev–Trinajstić information content (AvgIpc) is 3.13. The number of aliphatic hydroxyl groups is 1. The molecule has 0 bridgehead atoms. The van der Waals surface area contributed by atoms with Crippen LogP contribution < -0.4 is 4.89 Å². The molecule has 0 fully saturated rings. The van der Waals surface area contributed by atoms with Crippen LogP contribution in [0.1, 0.15) is 149 Å². The molecule has 55 heavy (non-hydrogen) atoms. The van der Waals surface area contributed by atoms with Gasteiger partial charge in [0.05, 0.1) is 33.9 Å². The van der Waals surface area contributed by atoms with Gasteiger partial charge in [0.2, 0.25) is 0 Å². The summed E-state index contributed by atoms with van der Waals surface area (Å²) < 4.78 is 33.7. The summed E-state index contributed by atoms with van der Waals surface area (Å²) in [6.45, 7) is 3.89. The number of aliphatic hydroxyl groups excluding tert-OH is 1. The molecule has 0 aliphatic carbocycles. The van der Waals surface area contributed by atoms with E-state index in [1.807, 2.05) is 76.7 Å². The van der Waals surface area contributed by atoms with Gasteiger partial charge in [-0.1, -0.05) is 152 Å². The fourth-order valence-corrected chi connectivity index (χ4v) is 6.03. The molecule has 0 radical (unpaired) electrons. The summed E-state index contributed by atoms with van der Waals surface area (Å²) in [7, 11) is 1.10. The molecule has 0 saturated carbocycles. The molecule has 0 saturated heterocycles. The Labute approximate surface area is 335 Å². The van der Waals surface area contributed by atoms with Gasteiger partial charge in [0.1, 0.15) is 19.8 Å². The lowest BCUT2D eigenvalue weighted by Crippen LogP contribution is -2.37. The van der Waals surface area contributed by atoms with Gasteiger partial charge in [-0.3, -0.25) is 14.2 Å². The second-order valence-corrected chi connectivity index (χ2v) is 16.6. The topological polar surface area (TPSA) is 131 Å². The number of hydrogen-bond donors (Lipinski definition) is 1. The van der Waals surface area contributed by atoms with Gasteiger partial charge in [-0.05, 0) is 44.9 Å². The Morgan fingerprint density at radius 2 is 1.25 bits per heavy atom. The largest absolute Gasteiger partial charge is 0.756 e. The monoisotopic (exact) mass is 796 g/mol. The molecule has 3 atom stereocenters. The van der Waals surface area contributed by atoms with E-state index in [4.69, 9.17) is 18.5 Å². The minimum atomic E-state index is -4.65. The Balaban J connectivity index is 4.53. The van der Waals surface area contributed by atoms with E-state index in [1.165, 1.54) is 64.2 Å². The van der Waals surface area contributed by atoms with Crippen LogP contribution in [0.25, 0.3) is 0 Å². The summed E-state index contributed by atoms with van der Waals surface area (Å²) in [5.74, 6) is -0.929. The van der Waals surface area contributed by atoms with Crippen LogP contribution in [-0.2, 0) is 32.7 Å². The van der Waals surface area contributed by atoms with E-state index >= 15 is 0 Å². The molecule has 0 aliphatic rings. The first-order valence-electron chi connectivity index (χ1n) is 21.1. The number of unbranched alkanes of at least 4 members (excludes halogenated alkanes) is 13. The van der Waals surface area contributed by atoms with Crippen molar-refractivity contribution in [1.82, 2.24) is 0 Å². The number of ether oxygens (including phenoxy) is 2. The van der Waals surface area contributed by atoms with Crippen LogP contribution in [0.2, 0.25) is 0 Å². The number of phosphoric ester groups is 1. The fourth-order valence-electron chi connectivity index (χ4n) is 5.30. The maximum absolute atomic E-state index is 12.6. The molecule has 0 aliphatic heterocycles. The predicted octanol–water partition coefficient (Wildman–Crippen LogP) is 10.0. The lowest BCUT2D eigenvalue weighted by atomic mass is 10.0. The quantitative estimate of drug-likeness (QED) is 0.0163. The van der Waals surface area contributed by atoms with Gasteiger partial charge in [0.25, 0.3) is 7.82 Å². The number of esters is 2. The highest BCUT2D eigenvalue weighted by Gasteiger charge is 2.21. The van der Waals surface area contributed by atoms with Gasteiger partial charge in [0, 0.05) is 12.8 Å². The number of nitrogens with zero attached hydrogens (tertiary/aromatic N) is 1. The molecule has 0 aromatic rings. The van der Waals surface area contributed by atoms with E-state index in [1.54, 1.807) is 0 Å². The SMILES string of the molecule is CC/C=C\C(O)C/C=C/C=C\C/C=C\C/C=C\CCCC(=O)O[C@H](COC(=O)CCCCCCCCCCCCCCC)COP(=O)([O-])OCC[N+](C)(C)C. The third-order valence-corrected chi connectivity index (χ3v) is 9.59. The van der Waals surface area contributed by atoms with Crippen molar-refractivity contribution in [3.05, 3.63) is 60.8 Å². The minimum absolute atomic E-state index is 0.0507. The number of quaternary nitrogens is 1. The Bertz CT molecular complexity index is 1140. The van der Waals surface area contributed by atoms with Crippen LogP contribution in [0.15, 0.2) is 60.8 Å².